The summed E-state index contributed by atoms with van der Waals surface area (Å²) in [5, 5.41) is 0. The lowest BCUT2D eigenvalue weighted by Gasteiger charge is -2.27. The summed E-state index contributed by atoms with van der Waals surface area (Å²) in [6.07, 6.45) is 2.37. The second kappa shape index (κ2) is 6.03. The van der Waals surface area contributed by atoms with Crippen LogP contribution in [0.5, 0.6) is 0 Å². The number of aryl methyl sites for hydroxylation is 2. The second-order valence-electron chi connectivity index (χ2n) is 6.23. The van der Waals surface area contributed by atoms with Crippen molar-refractivity contribution >= 4 is 11.3 Å². The van der Waals surface area contributed by atoms with Gasteiger partial charge in [0.05, 0.1) is 17.5 Å². The number of hydrogen-bond acceptors (Lipinski definition) is 5. The summed E-state index contributed by atoms with van der Waals surface area (Å²) in [5.74, 6) is 1.11. The molecule has 4 rings (SSSR count). The molecule has 1 aliphatic rings. The highest BCUT2D eigenvalue weighted by molar-refractivity contribution is 7.12. The van der Waals surface area contributed by atoms with E-state index < -0.39 is 0 Å². The summed E-state index contributed by atoms with van der Waals surface area (Å²) in [6, 6.07) is 5.85. The monoisotopic (exact) mass is 341 g/mol. The van der Waals surface area contributed by atoms with Crippen molar-refractivity contribution in [2.75, 3.05) is 6.54 Å². The number of fused-ring (bicyclic) bond motifs is 1. The summed E-state index contributed by atoms with van der Waals surface area (Å²) >= 11 is 1.84. The van der Waals surface area contributed by atoms with Gasteiger partial charge in [-0.15, -0.1) is 11.3 Å². The minimum atomic E-state index is -0.0605. The molecule has 24 heavy (non-hydrogen) atoms. The lowest BCUT2D eigenvalue weighted by atomic mass is 10.1. The van der Waals surface area contributed by atoms with Crippen LogP contribution in [0.1, 0.15) is 26.6 Å². The Morgan fingerprint density at radius 1 is 1.42 bits per heavy atom. The number of aromatic amines is 1. The molecule has 124 valence electrons. The molecule has 0 atom stereocenters. The normalized spacial score (nSPS) is 14.8. The molecule has 0 unspecified atom stereocenters. The molecule has 1 N–H and O–H groups in total. The van der Waals surface area contributed by atoms with Crippen molar-refractivity contribution in [2.45, 2.75) is 33.4 Å². The summed E-state index contributed by atoms with van der Waals surface area (Å²) in [5.41, 5.74) is 2.95. The van der Waals surface area contributed by atoms with Crippen LogP contribution in [0.3, 0.4) is 0 Å². The third-order valence-corrected chi connectivity index (χ3v) is 5.64. The number of aromatic nitrogens is 2. The van der Waals surface area contributed by atoms with E-state index in [0.29, 0.717) is 18.1 Å². The van der Waals surface area contributed by atoms with Gasteiger partial charge >= 0.3 is 0 Å². The molecular weight excluding hydrogens is 322 g/mol. The minimum Gasteiger partial charge on any atom is -0.461 e. The maximum absolute atomic E-state index is 12.5. The molecule has 0 amide bonds. The summed E-state index contributed by atoms with van der Waals surface area (Å²) in [4.78, 5) is 25.0. The smallest absolute Gasteiger partial charge is 0.256 e. The highest BCUT2D eigenvalue weighted by Crippen LogP contribution is 2.25. The Hall–Kier alpha value is -2.18. The van der Waals surface area contributed by atoms with Gasteiger partial charge in [0.1, 0.15) is 0 Å². The molecule has 4 heterocycles. The number of furan rings is 1. The van der Waals surface area contributed by atoms with Crippen molar-refractivity contribution in [3.05, 3.63) is 61.4 Å². The molecule has 0 spiro atoms. The first-order valence-electron chi connectivity index (χ1n) is 8.04. The van der Waals surface area contributed by atoms with E-state index in [1.165, 1.54) is 15.3 Å². The molecule has 3 aromatic heterocycles. The highest BCUT2D eigenvalue weighted by atomic mass is 32.1. The Morgan fingerprint density at radius 2 is 2.29 bits per heavy atom. The van der Waals surface area contributed by atoms with Crippen molar-refractivity contribution in [1.29, 1.82) is 0 Å². The maximum Gasteiger partial charge on any atom is 0.256 e. The molecule has 0 fully saturated rings. The lowest BCUT2D eigenvalue weighted by molar-refractivity contribution is 0.244. The summed E-state index contributed by atoms with van der Waals surface area (Å²) in [6.45, 7) is 6.74. The molecule has 0 bridgehead atoms. The fraction of sp³-hybridized carbons (Fsp3) is 0.333. The van der Waals surface area contributed by atoms with Crippen molar-refractivity contribution in [3.8, 4) is 11.6 Å². The van der Waals surface area contributed by atoms with Gasteiger partial charge in [0, 0.05) is 35.8 Å². The molecule has 5 nitrogen and oxygen atoms in total. The van der Waals surface area contributed by atoms with Gasteiger partial charge in [-0.3, -0.25) is 9.69 Å². The highest BCUT2D eigenvalue weighted by Gasteiger charge is 2.22. The van der Waals surface area contributed by atoms with Gasteiger partial charge in [0.25, 0.3) is 5.56 Å². The van der Waals surface area contributed by atoms with Gasteiger partial charge in [-0.25, -0.2) is 4.98 Å². The van der Waals surface area contributed by atoms with E-state index in [1.807, 2.05) is 11.3 Å². The van der Waals surface area contributed by atoms with Crippen LogP contribution in [-0.4, -0.2) is 21.4 Å². The van der Waals surface area contributed by atoms with E-state index in [0.717, 1.165) is 30.8 Å². The molecule has 0 aromatic carbocycles. The Balaban J connectivity index is 1.58. The summed E-state index contributed by atoms with van der Waals surface area (Å²) < 4.78 is 5.34. The van der Waals surface area contributed by atoms with E-state index in [4.69, 9.17) is 4.42 Å². The predicted molar refractivity (Wildman–Crippen MR) is 94.2 cm³/mol. The van der Waals surface area contributed by atoms with Gasteiger partial charge in [-0.1, -0.05) is 0 Å². The number of rotatable bonds is 3. The lowest BCUT2D eigenvalue weighted by Crippen LogP contribution is -2.35. The largest absolute Gasteiger partial charge is 0.461 e. The van der Waals surface area contributed by atoms with E-state index in [1.54, 1.807) is 18.4 Å². The molecule has 1 aliphatic heterocycles. The van der Waals surface area contributed by atoms with E-state index in [-0.39, 0.29) is 5.56 Å². The quantitative estimate of drug-likeness (QED) is 0.794. The fourth-order valence-electron chi connectivity index (χ4n) is 3.09. The Kier molecular flexibility index (Phi) is 3.86. The molecule has 0 radical (unpaired) electrons. The molecule has 0 saturated heterocycles. The topological polar surface area (TPSA) is 62.1 Å². The number of nitrogens with one attached hydrogen (secondary N) is 1. The molecular formula is C18H19N3O2S. The van der Waals surface area contributed by atoms with Crippen molar-refractivity contribution in [1.82, 2.24) is 14.9 Å². The van der Waals surface area contributed by atoms with Crippen LogP contribution in [0, 0.1) is 13.8 Å². The first kappa shape index (κ1) is 15.4. The Bertz CT molecular complexity index is 905. The Labute approximate surface area is 144 Å². The van der Waals surface area contributed by atoms with Gasteiger partial charge in [-0.2, -0.15) is 0 Å². The van der Waals surface area contributed by atoms with Gasteiger partial charge < -0.3 is 9.40 Å². The zero-order valence-electron chi connectivity index (χ0n) is 13.8. The number of nitrogens with zero attached hydrogens (tertiary/aromatic N) is 2. The van der Waals surface area contributed by atoms with Crippen LogP contribution >= 0.6 is 11.3 Å². The Morgan fingerprint density at radius 3 is 3.00 bits per heavy atom. The van der Waals surface area contributed by atoms with E-state index in [9.17, 15) is 4.79 Å². The van der Waals surface area contributed by atoms with Crippen LogP contribution in [0.4, 0.5) is 0 Å². The van der Waals surface area contributed by atoms with E-state index in [2.05, 4.69) is 34.8 Å². The molecule has 0 aliphatic carbocycles. The zero-order valence-corrected chi connectivity index (χ0v) is 14.6. The van der Waals surface area contributed by atoms with Gasteiger partial charge in [0.15, 0.2) is 11.6 Å². The van der Waals surface area contributed by atoms with Crippen molar-refractivity contribution in [3.63, 3.8) is 0 Å². The van der Waals surface area contributed by atoms with Crippen molar-refractivity contribution in [2.24, 2.45) is 0 Å². The van der Waals surface area contributed by atoms with Crippen molar-refractivity contribution < 1.29 is 4.42 Å². The third-order valence-electron chi connectivity index (χ3n) is 4.50. The first-order valence-corrected chi connectivity index (χ1v) is 8.86. The second-order valence-corrected chi connectivity index (χ2v) is 7.57. The number of hydrogen-bond donors (Lipinski definition) is 1. The average Bonchev–Trinajstić information content (AvgIpc) is 3.19. The maximum atomic E-state index is 12.5. The van der Waals surface area contributed by atoms with Crippen LogP contribution < -0.4 is 5.56 Å². The third kappa shape index (κ3) is 2.83. The van der Waals surface area contributed by atoms with Crippen LogP contribution in [0.2, 0.25) is 0 Å². The van der Waals surface area contributed by atoms with Crippen LogP contribution in [0.15, 0.2) is 33.7 Å². The summed E-state index contributed by atoms with van der Waals surface area (Å²) in [7, 11) is 0. The average molecular weight is 341 g/mol. The van der Waals surface area contributed by atoms with Crippen LogP contribution in [-0.2, 0) is 19.5 Å². The van der Waals surface area contributed by atoms with Crippen LogP contribution in [0.25, 0.3) is 11.6 Å². The van der Waals surface area contributed by atoms with E-state index >= 15 is 0 Å². The van der Waals surface area contributed by atoms with Gasteiger partial charge in [0.2, 0.25) is 0 Å². The number of H-pyrrole nitrogens is 1. The zero-order chi connectivity index (χ0) is 16.7. The molecule has 6 heteroatoms. The molecule has 0 saturated carbocycles. The minimum absolute atomic E-state index is 0.0605. The first-order chi connectivity index (χ1) is 11.6. The van der Waals surface area contributed by atoms with Gasteiger partial charge in [-0.05, 0) is 37.6 Å². The molecule has 3 aromatic rings. The number of thiophene rings is 1. The fourth-order valence-corrected chi connectivity index (χ4v) is 4.19. The standard InChI is InChI=1S/C18H19N3O2S/c1-11-8-13(24-12(11)2)9-21-6-5-15-14(10-21)18(22)20-17(19-15)16-4-3-7-23-16/h3-4,7-8H,5-6,9-10H2,1-2H3,(H,19,20,22). The SMILES string of the molecule is Cc1cc(CN2CCc3nc(-c4ccco4)[nH]c(=O)c3C2)sc1C. The predicted octanol–water partition coefficient (Wildman–Crippen LogP) is 3.27.